The second kappa shape index (κ2) is 4.85. The van der Waals surface area contributed by atoms with Gasteiger partial charge in [-0.3, -0.25) is 9.78 Å². The Labute approximate surface area is 97.9 Å². The summed E-state index contributed by atoms with van der Waals surface area (Å²) in [5, 5.41) is 8.83. The van der Waals surface area contributed by atoms with E-state index in [0.29, 0.717) is 12.0 Å². The molecule has 2 heterocycles. The Morgan fingerprint density at radius 3 is 3.00 bits per heavy atom. The number of nitrogens with one attached hydrogen (secondary N) is 1. The number of nitrogens with zero attached hydrogens (tertiary/aromatic N) is 1. The third kappa shape index (κ3) is 2.48. The number of rotatable bonds is 3. The van der Waals surface area contributed by atoms with Crippen LogP contribution in [0.25, 0.3) is 0 Å². The van der Waals surface area contributed by atoms with E-state index in [-0.39, 0.29) is 24.4 Å². The van der Waals surface area contributed by atoms with Crippen molar-refractivity contribution in [3.63, 3.8) is 0 Å². The Hall–Kier alpha value is -1.40. The zero-order valence-corrected chi connectivity index (χ0v) is 9.68. The highest BCUT2D eigenvalue weighted by Crippen LogP contribution is 2.31. The molecule has 0 saturated carbocycles. The van der Waals surface area contributed by atoms with Crippen LogP contribution in [0.15, 0.2) is 15.8 Å². The first-order valence-electron chi connectivity index (χ1n) is 5.68. The Morgan fingerprint density at radius 2 is 2.29 bits per heavy atom. The maximum absolute atomic E-state index is 11.6. The molecule has 6 nitrogen and oxygen atoms in total. The summed E-state index contributed by atoms with van der Waals surface area (Å²) in [6.45, 7) is 0.0843. The molecule has 1 aromatic rings. The topological polar surface area (TPSA) is 84.3 Å². The van der Waals surface area contributed by atoms with Crippen molar-refractivity contribution in [3.05, 3.63) is 32.6 Å². The van der Waals surface area contributed by atoms with E-state index in [1.807, 2.05) is 0 Å². The molecule has 0 spiro atoms. The lowest BCUT2D eigenvalue weighted by atomic mass is 10.1. The molecule has 94 valence electrons. The standard InChI is InChI=1S/C11H16N2O4/c1-13-6-8(10(15)12-11(13)16)9-3-2-7(17-9)4-5-14/h6-7,9,14H,2-5H2,1H3,(H,12,15,16)/t7?,9-/m1/s1. The third-order valence-electron chi connectivity index (χ3n) is 3.04. The van der Waals surface area contributed by atoms with E-state index in [0.717, 1.165) is 12.8 Å². The lowest BCUT2D eigenvalue weighted by molar-refractivity contribution is 0.0294. The summed E-state index contributed by atoms with van der Waals surface area (Å²) < 4.78 is 7.00. The van der Waals surface area contributed by atoms with E-state index in [1.165, 1.54) is 10.8 Å². The van der Waals surface area contributed by atoms with Gasteiger partial charge in [-0.25, -0.2) is 4.79 Å². The second-order valence-corrected chi connectivity index (χ2v) is 4.29. The fourth-order valence-corrected chi connectivity index (χ4v) is 2.10. The maximum Gasteiger partial charge on any atom is 0.328 e. The van der Waals surface area contributed by atoms with Crippen LogP contribution in [0, 0.1) is 0 Å². The van der Waals surface area contributed by atoms with Crippen molar-refractivity contribution in [2.45, 2.75) is 31.5 Å². The van der Waals surface area contributed by atoms with E-state index in [4.69, 9.17) is 9.84 Å². The summed E-state index contributed by atoms with van der Waals surface area (Å²) in [7, 11) is 1.59. The van der Waals surface area contributed by atoms with Gasteiger partial charge in [0.2, 0.25) is 0 Å². The average molecular weight is 240 g/mol. The van der Waals surface area contributed by atoms with E-state index in [9.17, 15) is 9.59 Å². The van der Waals surface area contributed by atoms with Gasteiger partial charge in [0.15, 0.2) is 0 Å². The van der Waals surface area contributed by atoms with Gasteiger partial charge in [0.05, 0.1) is 17.8 Å². The molecule has 1 saturated heterocycles. The van der Waals surface area contributed by atoms with Gasteiger partial charge in [-0.1, -0.05) is 0 Å². The largest absolute Gasteiger partial charge is 0.396 e. The highest BCUT2D eigenvalue weighted by Gasteiger charge is 2.28. The molecule has 0 amide bonds. The summed E-state index contributed by atoms with van der Waals surface area (Å²) in [5.41, 5.74) is -0.334. The first-order valence-corrected chi connectivity index (χ1v) is 5.68. The molecule has 0 bridgehead atoms. The number of aryl methyl sites for hydroxylation is 1. The minimum absolute atomic E-state index is 0.00151. The number of ether oxygens (including phenoxy) is 1. The zero-order chi connectivity index (χ0) is 12.4. The van der Waals surface area contributed by atoms with E-state index >= 15 is 0 Å². The van der Waals surface area contributed by atoms with E-state index in [1.54, 1.807) is 7.05 Å². The quantitative estimate of drug-likeness (QED) is 0.758. The van der Waals surface area contributed by atoms with Crippen LogP contribution in [-0.4, -0.2) is 27.4 Å². The molecule has 0 aliphatic carbocycles. The number of aliphatic hydroxyl groups excluding tert-OH is 1. The van der Waals surface area contributed by atoms with Crippen molar-refractivity contribution in [1.82, 2.24) is 9.55 Å². The number of aromatic nitrogens is 2. The van der Waals surface area contributed by atoms with Crippen LogP contribution in [0.5, 0.6) is 0 Å². The molecular weight excluding hydrogens is 224 g/mol. The summed E-state index contributed by atoms with van der Waals surface area (Å²) in [5.74, 6) is 0. The molecule has 1 aliphatic rings. The highest BCUT2D eigenvalue weighted by atomic mass is 16.5. The SMILES string of the molecule is Cn1cc([C@H]2CCC(CCO)O2)c(=O)[nH]c1=O. The molecule has 1 unspecified atom stereocenters. The van der Waals surface area contributed by atoms with Crippen LogP contribution in [0.3, 0.4) is 0 Å². The number of hydrogen-bond acceptors (Lipinski definition) is 4. The van der Waals surface area contributed by atoms with Crippen molar-refractivity contribution < 1.29 is 9.84 Å². The van der Waals surface area contributed by atoms with Crippen LogP contribution < -0.4 is 11.2 Å². The average Bonchev–Trinajstić information content (AvgIpc) is 2.72. The molecule has 2 N–H and O–H groups in total. The van der Waals surface area contributed by atoms with Gasteiger partial charge in [-0.05, 0) is 19.3 Å². The molecule has 1 fully saturated rings. The Balaban J connectivity index is 2.22. The second-order valence-electron chi connectivity index (χ2n) is 4.29. The summed E-state index contributed by atoms with van der Waals surface area (Å²) in [6, 6.07) is 0. The van der Waals surface area contributed by atoms with Crippen LogP contribution in [0.2, 0.25) is 0 Å². The zero-order valence-electron chi connectivity index (χ0n) is 9.68. The lowest BCUT2D eigenvalue weighted by Gasteiger charge is -2.12. The normalized spacial score (nSPS) is 24.1. The fraction of sp³-hybridized carbons (Fsp3) is 0.636. The number of aliphatic hydroxyl groups is 1. The first-order chi connectivity index (χ1) is 8.11. The van der Waals surface area contributed by atoms with Gasteiger partial charge in [-0.15, -0.1) is 0 Å². The number of H-pyrrole nitrogens is 1. The smallest absolute Gasteiger partial charge is 0.328 e. The molecule has 0 radical (unpaired) electrons. The first kappa shape index (κ1) is 12.1. The summed E-state index contributed by atoms with van der Waals surface area (Å²) in [4.78, 5) is 25.1. The summed E-state index contributed by atoms with van der Waals surface area (Å²) >= 11 is 0. The molecule has 0 aromatic carbocycles. The van der Waals surface area contributed by atoms with Crippen molar-refractivity contribution in [2.24, 2.45) is 7.05 Å². The molecule has 2 rings (SSSR count). The van der Waals surface area contributed by atoms with Crippen molar-refractivity contribution in [1.29, 1.82) is 0 Å². The van der Waals surface area contributed by atoms with Gasteiger partial charge in [0, 0.05) is 19.9 Å². The van der Waals surface area contributed by atoms with Crippen LogP contribution in [0.1, 0.15) is 30.9 Å². The Kier molecular flexibility index (Phi) is 3.44. The fourth-order valence-electron chi connectivity index (χ4n) is 2.10. The van der Waals surface area contributed by atoms with Crippen molar-refractivity contribution in [2.75, 3.05) is 6.61 Å². The predicted octanol–water partition coefficient (Wildman–Crippen LogP) is -0.324. The van der Waals surface area contributed by atoms with Gasteiger partial charge in [0.25, 0.3) is 5.56 Å². The molecule has 17 heavy (non-hydrogen) atoms. The molecule has 1 aliphatic heterocycles. The van der Waals surface area contributed by atoms with Gasteiger partial charge in [0.1, 0.15) is 0 Å². The molecular formula is C11H16N2O4. The van der Waals surface area contributed by atoms with Gasteiger partial charge >= 0.3 is 5.69 Å². The highest BCUT2D eigenvalue weighted by molar-refractivity contribution is 5.10. The summed E-state index contributed by atoms with van der Waals surface area (Å²) in [6.07, 6.45) is 3.40. The molecule has 6 heteroatoms. The van der Waals surface area contributed by atoms with Crippen molar-refractivity contribution in [3.8, 4) is 0 Å². The molecule has 1 aromatic heterocycles. The van der Waals surface area contributed by atoms with Crippen LogP contribution in [-0.2, 0) is 11.8 Å². The van der Waals surface area contributed by atoms with Crippen LogP contribution >= 0.6 is 0 Å². The third-order valence-corrected chi connectivity index (χ3v) is 3.04. The Bertz CT molecular complexity index is 505. The monoisotopic (exact) mass is 240 g/mol. The van der Waals surface area contributed by atoms with Gasteiger partial charge in [-0.2, -0.15) is 0 Å². The van der Waals surface area contributed by atoms with E-state index < -0.39 is 5.69 Å². The van der Waals surface area contributed by atoms with Crippen molar-refractivity contribution >= 4 is 0 Å². The molecule has 2 atom stereocenters. The predicted molar refractivity (Wildman–Crippen MR) is 60.9 cm³/mol. The minimum Gasteiger partial charge on any atom is -0.396 e. The number of hydrogen-bond donors (Lipinski definition) is 2. The maximum atomic E-state index is 11.6. The lowest BCUT2D eigenvalue weighted by Crippen LogP contribution is -2.31. The van der Waals surface area contributed by atoms with E-state index in [2.05, 4.69) is 4.98 Å². The van der Waals surface area contributed by atoms with Crippen LogP contribution in [0.4, 0.5) is 0 Å². The number of aromatic amines is 1. The van der Waals surface area contributed by atoms with Gasteiger partial charge < -0.3 is 14.4 Å². The minimum atomic E-state index is -0.427. The Morgan fingerprint density at radius 1 is 1.53 bits per heavy atom.